The number of carboxylic acid groups (broad SMARTS) is 2. The van der Waals surface area contributed by atoms with Gasteiger partial charge in [0.2, 0.25) is 11.8 Å². The van der Waals surface area contributed by atoms with Crippen LogP contribution in [0.5, 0.6) is 17.2 Å². The Bertz CT molecular complexity index is 2850. The van der Waals surface area contributed by atoms with Gasteiger partial charge in [0.15, 0.2) is 11.6 Å². The molecule has 0 spiro atoms. The van der Waals surface area contributed by atoms with Crippen molar-refractivity contribution in [2.75, 3.05) is 15.1 Å². The molecule has 0 radical (unpaired) electrons. The van der Waals surface area contributed by atoms with Crippen molar-refractivity contribution in [1.29, 1.82) is 0 Å². The van der Waals surface area contributed by atoms with Gasteiger partial charge in [0, 0.05) is 49.0 Å². The van der Waals surface area contributed by atoms with E-state index in [9.17, 15) is 49.1 Å². The van der Waals surface area contributed by atoms with Crippen molar-refractivity contribution in [2.45, 2.75) is 113 Å². The molecular weight excluding hydrogens is 1370 g/mol. The molecule has 2 aliphatic heterocycles. The molecule has 38 heteroatoms. The molecule has 2 saturated carbocycles. The summed E-state index contributed by atoms with van der Waals surface area (Å²) in [6.07, 6.45) is 8.46. The first-order valence-electron chi connectivity index (χ1n) is 22.6. The standard InChI is InChI=1S/C18H19F2N5O2.C12H16N4O.C6H4BrF2NO.C5H4BrNO.C2HClF2O2.C2HF3O2.CH2O3.2K.Na.H/c1-18(2)14-15(22-6-5-21-14)25(16(18)26)11-7-10(8-11)24-13-4-3-12(9-23-13)27-17(19)20;1-12(2)9-10(15-4-3-14-9)16(11(12)17)8-5-7(13)6-8;7-5-2-1-4(3-10-5)11-6(8)9;6-5-2-1-4(8)3-7-5;2*3-2(4,5)1(6)7;2-1-4-3;;;;/h3-6,9-11,17H,7-8H2,1-2H3,(H,23,24);3-4,7-8H,5-6,13H2,1-2H3;1-3,6H;1-3,8H;2*(H,6,7);1,3H;;;;/q;;;;;;;3*+1;-1/p-2. The van der Waals surface area contributed by atoms with E-state index >= 15 is 0 Å². The average molecular weight is 1410 g/mol. The summed E-state index contributed by atoms with van der Waals surface area (Å²) in [4.78, 5) is 86.9. The van der Waals surface area contributed by atoms with Crippen molar-refractivity contribution < 1.29 is 232 Å². The Labute approximate surface area is 602 Å². The molecular formula is C46H46Br2ClF9K2N11NaO12. The van der Waals surface area contributed by atoms with Crippen LogP contribution in [0.2, 0.25) is 0 Å². The average Bonchev–Trinajstić information content (AvgIpc) is 2.12. The van der Waals surface area contributed by atoms with Crippen LogP contribution in [0.4, 0.5) is 57.0 Å². The first kappa shape index (κ1) is 81.0. The zero-order valence-corrected chi connectivity index (χ0v) is 57.2. The smallest absolute Gasteiger partial charge is 1.00 e. The number of fused-ring (bicyclic) bond motifs is 2. The Kier molecular flexibility index (Phi) is 35.7. The molecule has 2 fully saturated rings. The predicted octanol–water partition coefficient (Wildman–Crippen LogP) is -2.91. The van der Waals surface area contributed by atoms with E-state index in [0.717, 1.165) is 41.8 Å². The summed E-state index contributed by atoms with van der Waals surface area (Å²) >= 11 is 10.1. The number of nitrogens with two attached hydrogens (primary N) is 1. The normalized spacial score (nSPS) is 17.9. The summed E-state index contributed by atoms with van der Waals surface area (Å²) in [5, 5.41) is 32.3. The second kappa shape index (κ2) is 37.1. The summed E-state index contributed by atoms with van der Waals surface area (Å²) in [5.41, 5.74) is 6.05. The number of anilines is 3. The van der Waals surface area contributed by atoms with Crippen LogP contribution < -0.4 is 173 Å². The second-order valence-corrected chi connectivity index (χ2v) is 19.6. The number of amides is 2. The zero-order valence-electron chi connectivity index (χ0n) is 46.0. The van der Waals surface area contributed by atoms with E-state index in [-0.39, 0.29) is 193 Å². The molecule has 0 atom stereocenters. The molecule has 0 aromatic carbocycles. The van der Waals surface area contributed by atoms with E-state index in [1.807, 2.05) is 27.7 Å². The topological polar surface area (TPSA) is 334 Å². The predicted molar refractivity (Wildman–Crippen MR) is 267 cm³/mol. The summed E-state index contributed by atoms with van der Waals surface area (Å²) in [5.74, 6) is -3.02. The zero-order chi connectivity index (χ0) is 61.2. The summed E-state index contributed by atoms with van der Waals surface area (Å²) in [6, 6.07) is 9.82. The Morgan fingerprint density at radius 3 is 1.42 bits per heavy atom. The first-order valence-corrected chi connectivity index (χ1v) is 24.5. The number of aromatic hydroxyl groups is 1. The van der Waals surface area contributed by atoms with E-state index in [1.165, 1.54) is 36.8 Å². The van der Waals surface area contributed by atoms with Crippen molar-refractivity contribution in [1.82, 2.24) is 34.9 Å². The van der Waals surface area contributed by atoms with Crippen molar-refractivity contribution in [3.05, 3.63) is 100 Å². The van der Waals surface area contributed by atoms with Crippen LogP contribution in [-0.4, -0.2) is 124 Å². The molecule has 5 N–H and O–H groups in total. The number of aromatic nitrogens is 7. The maximum Gasteiger partial charge on any atom is 1.00 e. The van der Waals surface area contributed by atoms with Crippen molar-refractivity contribution in [3.63, 3.8) is 0 Å². The number of nitrogens with one attached hydrogen (secondary N) is 1. The minimum Gasteiger partial charge on any atom is -1.00 e. The molecule has 84 heavy (non-hydrogen) atoms. The molecule has 9 rings (SSSR count). The van der Waals surface area contributed by atoms with Gasteiger partial charge in [-0.15, -0.1) is 0 Å². The molecule has 2 amide bonds. The van der Waals surface area contributed by atoms with Gasteiger partial charge in [-0.3, -0.25) is 34.2 Å². The third-order valence-corrected chi connectivity index (χ3v) is 12.1. The summed E-state index contributed by atoms with van der Waals surface area (Å²) in [6.45, 7) is 1.70. The van der Waals surface area contributed by atoms with Gasteiger partial charge < -0.3 is 52.2 Å². The van der Waals surface area contributed by atoms with Crippen LogP contribution in [-0.2, 0) is 39.7 Å². The van der Waals surface area contributed by atoms with Gasteiger partial charge >= 0.3 is 163 Å². The number of pyridine rings is 3. The fourth-order valence-corrected chi connectivity index (χ4v) is 7.55. The summed E-state index contributed by atoms with van der Waals surface area (Å²) < 4.78 is 111. The number of carboxylic acids is 2. The van der Waals surface area contributed by atoms with Crippen LogP contribution in [0.3, 0.4) is 0 Å². The third-order valence-electron chi connectivity index (χ3n) is 11.0. The Morgan fingerprint density at radius 1 is 0.750 bits per heavy atom. The maximum absolute atomic E-state index is 12.8. The number of nitrogens with zero attached hydrogens (tertiary/aromatic N) is 9. The molecule has 2 aliphatic carbocycles. The first-order chi connectivity index (χ1) is 37.6. The van der Waals surface area contributed by atoms with Gasteiger partial charge in [0.1, 0.15) is 38.2 Å². The quantitative estimate of drug-likeness (QED) is 0.0207. The van der Waals surface area contributed by atoms with Crippen molar-refractivity contribution in [2.24, 2.45) is 5.73 Å². The van der Waals surface area contributed by atoms with Crippen LogP contribution in [0.15, 0.2) is 89.0 Å². The molecule has 0 saturated heterocycles. The van der Waals surface area contributed by atoms with E-state index in [0.29, 0.717) is 21.9 Å². The second-order valence-electron chi connectivity index (χ2n) is 17.5. The third kappa shape index (κ3) is 25.2. The van der Waals surface area contributed by atoms with E-state index in [2.05, 4.69) is 98.0 Å². The van der Waals surface area contributed by atoms with Gasteiger partial charge in [-0.1, -0.05) is 0 Å². The molecule has 5 aromatic heterocycles. The molecule has 0 unspecified atom stereocenters. The SMILES string of the molecule is CC1(C)C(=O)N(C2CC(N)C2)c2nccnc21.CC1(C)C(=O)N(C2CC(Nc3ccc(OC(F)F)cn3)C2)c2nccnc21.FC(F)Oc1ccc(Br)nc1.O=C(O)C(F)(F)F.O=C([O-])C(F)(F)Cl.O=CO[O-].Oc1ccc(Br)nc1.[H-].[K+].[K+].[Na+]. The van der Waals surface area contributed by atoms with Crippen LogP contribution in [0.25, 0.3) is 0 Å². The molecule has 7 heterocycles. The summed E-state index contributed by atoms with van der Waals surface area (Å²) in [7, 11) is 0. The molecule has 444 valence electrons. The number of ether oxygens (including phenoxy) is 2. The number of halogens is 12. The number of carbonyl (C=O) groups excluding carboxylic acids is 4. The van der Waals surface area contributed by atoms with Crippen LogP contribution in [0, 0.1) is 0 Å². The van der Waals surface area contributed by atoms with Crippen molar-refractivity contribution >= 4 is 91.1 Å². The molecule has 23 nitrogen and oxygen atoms in total. The van der Waals surface area contributed by atoms with Gasteiger partial charge in [-0.05, 0) is 133 Å². The number of alkyl halides is 10. The van der Waals surface area contributed by atoms with Gasteiger partial charge in [-0.2, -0.15) is 39.5 Å². The minimum atomic E-state index is -5.08. The fraction of sp³-hybridized carbons (Fsp3) is 0.391. The van der Waals surface area contributed by atoms with Gasteiger partial charge in [0.05, 0.1) is 40.8 Å². The van der Waals surface area contributed by atoms with Gasteiger partial charge in [-0.25, -0.2) is 29.7 Å². The van der Waals surface area contributed by atoms with Crippen molar-refractivity contribution in [3.8, 4) is 17.2 Å². The molecule has 5 aromatic rings. The van der Waals surface area contributed by atoms with Crippen LogP contribution >= 0.6 is 43.5 Å². The molecule has 0 bridgehead atoms. The Balaban J connectivity index is 0. The van der Waals surface area contributed by atoms with E-state index in [4.69, 9.17) is 40.7 Å². The fourth-order valence-electron chi connectivity index (χ4n) is 7.08. The minimum absolute atomic E-state index is 0. The van der Waals surface area contributed by atoms with Gasteiger partial charge in [0.25, 0.3) is 6.47 Å². The number of rotatable bonds is 10. The van der Waals surface area contributed by atoms with E-state index < -0.39 is 47.5 Å². The molecule has 4 aliphatic rings. The Hall–Kier alpha value is -3.03. The number of hydrogen-bond acceptors (Lipinski definition) is 20. The number of carbonyl (C=O) groups is 5. The number of aliphatic carboxylic acids is 2. The monoisotopic (exact) mass is 1410 g/mol. The largest absolute Gasteiger partial charge is 1.00 e. The van der Waals surface area contributed by atoms with Crippen LogP contribution in [0.1, 0.15) is 66.2 Å². The van der Waals surface area contributed by atoms with E-state index in [1.54, 1.807) is 52.8 Å². The number of hydrogen-bond donors (Lipinski definition) is 4. The Morgan fingerprint density at radius 2 is 1.12 bits per heavy atom. The maximum atomic E-state index is 12.8.